The van der Waals surface area contributed by atoms with Gasteiger partial charge in [0.1, 0.15) is 11.5 Å². The number of aromatic nitrogens is 2. The van der Waals surface area contributed by atoms with E-state index in [1.165, 1.54) is 18.2 Å². The molecule has 8 heteroatoms. The van der Waals surface area contributed by atoms with E-state index in [9.17, 15) is 18.7 Å². The van der Waals surface area contributed by atoms with Crippen LogP contribution in [0, 0.1) is 17.7 Å². The summed E-state index contributed by atoms with van der Waals surface area (Å²) in [5, 5.41) is 12.3. The molecule has 1 heterocycles. The van der Waals surface area contributed by atoms with E-state index in [-0.39, 0.29) is 41.5 Å². The molecule has 27 heavy (non-hydrogen) atoms. The molecule has 2 aromatic rings. The molecule has 1 aromatic carbocycles. The summed E-state index contributed by atoms with van der Waals surface area (Å²) in [5.41, 5.74) is 1.50. The molecule has 5 nitrogen and oxygen atoms in total. The van der Waals surface area contributed by atoms with Crippen molar-refractivity contribution in [2.45, 2.75) is 37.5 Å². The molecule has 0 bridgehead atoms. The van der Waals surface area contributed by atoms with E-state index in [4.69, 9.17) is 11.6 Å². The Morgan fingerprint density at radius 3 is 2.67 bits per heavy atom. The molecule has 2 aliphatic rings. The number of hydrogen-bond acceptors (Lipinski definition) is 3. The molecule has 144 valence electrons. The Bertz CT molecular complexity index is 883. The van der Waals surface area contributed by atoms with Crippen LogP contribution in [-0.4, -0.2) is 26.4 Å². The monoisotopic (exact) mass is 395 g/mol. The van der Waals surface area contributed by atoms with Crippen molar-refractivity contribution in [3.05, 3.63) is 46.8 Å². The van der Waals surface area contributed by atoms with Crippen LogP contribution in [0.2, 0.25) is 5.02 Å². The second-order valence-electron chi connectivity index (χ2n) is 7.69. The standard InChI is InChI=1S/C19H20ClF2N3O2/c1-25-9-23-16(10-4-11-7-19(22,27)8-12(11)5-10)17(25)18(26)24-13-2-3-15(21)14(20)6-13/h2-3,6,9-12,27H,4-5,7-8H2,1H3,(H,24,26). The van der Waals surface area contributed by atoms with Gasteiger partial charge in [-0.1, -0.05) is 11.6 Å². The van der Waals surface area contributed by atoms with Crippen LogP contribution in [0.1, 0.15) is 47.8 Å². The van der Waals surface area contributed by atoms with Crippen molar-refractivity contribution < 1.29 is 18.7 Å². The number of imidazole rings is 1. The number of nitrogens with one attached hydrogen (secondary N) is 1. The number of amides is 1. The molecular formula is C19H20ClF2N3O2. The molecule has 2 fully saturated rings. The third-order valence-electron chi connectivity index (χ3n) is 5.74. The first-order chi connectivity index (χ1) is 12.7. The molecule has 2 N–H and O–H groups in total. The number of rotatable bonds is 3. The van der Waals surface area contributed by atoms with Gasteiger partial charge in [0.05, 0.1) is 17.0 Å². The zero-order chi connectivity index (χ0) is 19.3. The first-order valence-electron chi connectivity index (χ1n) is 8.92. The Hall–Kier alpha value is -1.99. The maximum atomic E-state index is 13.8. The van der Waals surface area contributed by atoms with Gasteiger partial charge in [0.25, 0.3) is 5.91 Å². The van der Waals surface area contributed by atoms with Crippen molar-refractivity contribution >= 4 is 23.2 Å². The van der Waals surface area contributed by atoms with Crippen LogP contribution in [0.4, 0.5) is 14.5 Å². The Morgan fingerprint density at radius 1 is 1.37 bits per heavy atom. The summed E-state index contributed by atoms with van der Waals surface area (Å²) >= 11 is 5.77. The predicted octanol–water partition coefficient (Wildman–Crippen LogP) is 4.03. The summed E-state index contributed by atoms with van der Waals surface area (Å²) in [5.74, 6) is -2.70. The number of fused-ring (bicyclic) bond motifs is 1. The lowest BCUT2D eigenvalue weighted by Crippen LogP contribution is -2.20. The number of benzene rings is 1. The quantitative estimate of drug-likeness (QED) is 0.824. The summed E-state index contributed by atoms with van der Waals surface area (Å²) in [7, 11) is 1.74. The topological polar surface area (TPSA) is 67.1 Å². The highest BCUT2D eigenvalue weighted by Crippen LogP contribution is 2.54. The Morgan fingerprint density at radius 2 is 2.04 bits per heavy atom. The molecule has 2 atom stereocenters. The van der Waals surface area contributed by atoms with Crippen molar-refractivity contribution in [2.24, 2.45) is 18.9 Å². The number of carbonyl (C=O) groups excluding carboxylic acids is 1. The van der Waals surface area contributed by atoms with Crippen LogP contribution >= 0.6 is 11.6 Å². The highest BCUT2D eigenvalue weighted by atomic mass is 35.5. The van der Waals surface area contributed by atoms with Crippen LogP contribution in [0.5, 0.6) is 0 Å². The molecule has 4 rings (SSSR count). The molecule has 0 saturated heterocycles. The molecule has 2 unspecified atom stereocenters. The number of halogens is 3. The number of aliphatic hydroxyl groups is 1. The summed E-state index contributed by atoms with van der Waals surface area (Å²) in [4.78, 5) is 17.2. The van der Waals surface area contributed by atoms with Crippen LogP contribution in [0.15, 0.2) is 24.5 Å². The zero-order valence-corrected chi connectivity index (χ0v) is 15.5. The number of aryl methyl sites for hydroxylation is 1. The summed E-state index contributed by atoms with van der Waals surface area (Å²) in [6, 6.07) is 3.99. The van der Waals surface area contributed by atoms with Crippen molar-refractivity contribution in [1.82, 2.24) is 9.55 Å². The minimum Gasteiger partial charge on any atom is -0.362 e. The molecule has 2 aliphatic carbocycles. The van der Waals surface area contributed by atoms with E-state index in [1.54, 1.807) is 17.9 Å². The maximum Gasteiger partial charge on any atom is 0.274 e. The van der Waals surface area contributed by atoms with E-state index >= 15 is 0 Å². The Labute approximate surface area is 160 Å². The lowest BCUT2D eigenvalue weighted by atomic mass is 9.97. The lowest BCUT2D eigenvalue weighted by Gasteiger charge is -2.16. The molecular weight excluding hydrogens is 376 g/mol. The Kier molecular flexibility index (Phi) is 4.47. The van der Waals surface area contributed by atoms with Gasteiger partial charge in [-0.05, 0) is 42.9 Å². The average molecular weight is 396 g/mol. The highest BCUT2D eigenvalue weighted by molar-refractivity contribution is 6.31. The Balaban J connectivity index is 1.54. The van der Waals surface area contributed by atoms with Gasteiger partial charge in [-0.25, -0.2) is 13.8 Å². The van der Waals surface area contributed by atoms with Gasteiger partial charge < -0.3 is 15.0 Å². The number of carbonyl (C=O) groups is 1. The molecule has 2 saturated carbocycles. The predicted molar refractivity (Wildman–Crippen MR) is 96.8 cm³/mol. The normalized spacial score (nSPS) is 29.7. The molecule has 0 aliphatic heterocycles. The van der Waals surface area contributed by atoms with Crippen molar-refractivity contribution in [3.63, 3.8) is 0 Å². The van der Waals surface area contributed by atoms with Crippen molar-refractivity contribution in [1.29, 1.82) is 0 Å². The fourth-order valence-electron chi connectivity index (χ4n) is 4.61. The summed E-state index contributed by atoms with van der Waals surface area (Å²) < 4.78 is 28.8. The fraction of sp³-hybridized carbons (Fsp3) is 0.474. The first-order valence-corrected chi connectivity index (χ1v) is 9.30. The van der Waals surface area contributed by atoms with Gasteiger partial charge in [-0.2, -0.15) is 0 Å². The largest absolute Gasteiger partial charge is 0.362 e. The van der Waals surface area contributed by atoms with Crippen molar-refractivity contribution in [3.8, 4) is 0 Å². The maximum absolute atomic E-state index is 13.8. The molecule has 1 amide bonds. The average Bonchev–Trinajstić information content (AvgIpc) is 3.21. The summed E-state index contributed by atoms with van der Waals surface area (Å²) in [6.45, 7) is 0. The van der Waals surface area contributed by atoms with Gasteiger partial charge in [0.15, 0.2) is 0 Å². The number of alkyl halides is 1. The number of anilines is 1. The molecule has 0 radical (unpaired) electrons. The lowest BCUT2D eigenvalue weighted by molar-refractivity contribution is -0.0871. The second-order valence-corrected chi connectivity index (χ2v) is 8.09. The summed E-state index contributed by atoms with van der Waals surface area (Å²) in [6.07, 6.45) is 3.29. The van der Waals surface area contributed by atoms with E-state index < -0.39 is 11.7 Å². The van der Waals surface area contributed by atoms with E-state index in [1.807, 2.05) is 0 Å². The van der Waals surface area contributed by atoms with Crippen LogP contribution < -0.4 is 5.32 Å². The second kappa shape index (κ2) is 6.56. The SMILES string of the molecule is Cn1cnc(C2CC3CC(O)(F)CC3C2)c1C(=O)Nc1ccc(F)c(Cl)c1. The van der Waals surface area contributed by atoms with Crippen LogP contribution in [0.3, 0.4) is 0 Å². The smallest absolute Gasteiger partial charge is 0.274 e. The van der Waals surface area contributed by atoms with Gasteiger partial charge in [0.2, 0.25) is 5.85 Å². The van der Waals surface area contributed by atoms with Crippen molar-refractivity contribution in [2.75, 3.05) is 5.32 Å². The minimum atomic E-state index is -2.06. The van der Waals surface area contributed by atoms with Gasteiger partial charge in [-0.3, -0.25) is 4.79 Å². The highest BCUT2D eigenvalue weighted by Gasteiger charge is 2.50. The number of nitrogens with zero attached hydrogens (tertiary/aromatic N) is 2. The van der Waals surface area contributed by atoms with E-state index in [0.29, 0.717) is 29.9 Å². The zero-order valence-electron chi connectivity index (χ0n) is 14.8. The third kappa shape index (κ3) is 3.46. The first kappa shape index (κ1) is 18.4. The molecule has 1 aromatic heterocycles. The third-order valence-corrected chi connectivity index (χ3v) is 6.03. The van der Waals surface area contributed by atoms with Gasteiger partial charge >= 0.3 is 0 Å². The van der Waals surface area contributed by atoms with E-state index in [2.05, 4.69) is 10.3 Å². The number of hydrogen-bond donors (Lipinski definition) is 2. The fourth-order valence-corrected chi connectivity index (χ4v) is 4.79. The van der Waals surface area contributed by atoms with Crippen LogP contribution in [-0.2, 0) is 7.05 Å². The molecule has 0 spiro atoms. The van der Waals surface area contributed by atoms with E-state index in [0.717, 1.165) is 0 Å². The van der Waals surface area contributed by atoms with Gasteiger partial charge in [0, 0.05) is 31.5 Å². The van der Waals surface area contributed by atoms with Crippen LogP contribution in [0.25, 0.3) is 0 Å². The van der Waals surface area contributed by atoms with Gasteiger partial charge in [-0.15, -0.1) is 0 Å². The minimum absolute atomic E-state index is 0.0508.